The molecule has 0 saturated heterocycles. The Morgan fingerprint density at radius 2 is 1.96 bits per heavy atom. The Hall–Kier alpha value is -2.93. The monoisotopic (exact) mass is 415 g/mol. The van der Waals surface area contributed by atoms with Crippen LogP contribution in [0.3, 0.4) is 0 Å². The molecule has 3 N–H and O–H groups in total. The van der Waals surface area contributed by atoms with Gasteiger partial charge in [0.15, 0.2) is 0 Å². The number of carbonyl (C=O) groups excluding carboxylic acids is 1. The first-order chi connectivity index (χ1) is 12.5. The fourth-order valence-corrected chi connectivity index (χ4v) is 2.66. The maximum atomic E-state index is 13.0. The van der Waals surface area contributed by atoms with Crippen LogP contribution >= 0.6 is 15.9 Å². The van der Waals surface area contributed by atoms with Gasteiger partial charge in [0, 0.05) is 6.54 Å². The van der Waals surface area contributed by atoms with Crippen LogP contribution in [0.2, 0.25) is 0 Å². The summed E-state index contributed by atoms with van der Waals surface area (Å²) in [4.78, 5) is 15.6. The zero-order chi connectivity index (χ0) is 18.5. The van der Waals surface area contributed by atoms with Gasteiger partial charge in [-0.3, -0.25) is 4.79 Å². The van der Waals surface area contributed by atoms with Crippen LogP contribution in [0.25, 0.3) is 0 Å². The number of pyridine rings is 1. The van der Waals surface area contributed by atoms with E-state index in [9.17, 15) is 9.18 Å². The fourth-order valence-electron chi connectivity index (χ4n) is 2.29. The van der Waals surface area contributed by atoms with E-state index < -0.39 is 11.9 Å². The van der Waals surface area contributed by atoms with Crippen molar-refractivity contribution in [1.29, 1.82) is 0 Å². The number of hydrogen-bond donors (Lipinski definition) is 2. The van der Waals surface area contributed by atoms with Crippen LogP contribution in [0.4, 0.5) is 10.2 Å². The largest absolute Gasteiger partial charge is 0.456 e. The summed E-state index contributed by atoms with van der Waals surface area (Å²) in [5.74, 6) is 0.0436. The molecule has 1 heterocycles. The van der Waals surface area contributed by atoms with Crippen LogP contribution in [0.5, 0.6) is 11.5 Å². The first-order valence-electron chi connectivity index (χ1n) is 7.74. The third-order valence-electron chi connectivity index (χ3n) is 3.55. The molecule has 2 aromatic carbocycles. The van der Waals surface area contributed by atoms with Gasteiger partial charge in [0.1, 0.15) is 17.3 Å². The van der Waals surface area contributed by atoms with E-state index in [0.29, 0.717) is 11.5 Å². The number of amides is 1. The summed E-state index contributed by atoms with van der Waals surface area (Å²) in [6.07, 6.45) is 0. The number of aromatic nitrogens is 1. The molecule has 0 aliphatic carbocycles. The summed E-state index contributed by atoms with van der Waals surface area (Å²) in [5, 5.41) is 2.73. The standard InChI is InChI=1S/C19H15BrFN3O2/c20-15-6-1-2-7-16(15)26-13-5-3-4-12(10-13)11-23-19(25)14-8-9-17(21)24-18(14)22/h1-10H,11H2,(H2,22,24)(H,23,25). The fraction of sp³-hybridized carbons (Fsp3) is 0.0526. The number of nitrogen functional groups attached to an aromatic ring is 1. The highest BCUT2D eigenvalue weighted by atomic mass is 79.9. The van der Waals surface area contributed by atoms with Crippen LogP contribution in [0, 0.1) is 5.95 Å². The van der Waals surface area contributed by atoms with Gasteiger partial charge >= 0.3 is 0 Å². The zero-order valence-electron chi connectivity index (χ0n) is 13.6. The maximum Gasteiger partial charge on any atom is 0.255 e. The van der Waals surface area contributed by atoms with Crippen molar-refractivity contribution in [2.24, 2.45) is 0 Å². The molecule has 26 heavy (non-hydrogen) atoms. The molecule has 0 aliphatic heterocycles. The molecule has 3 aromatic rings. The lowest BCUT2D eigenvalue weighted by Crippen LogP contribution is -2.24. The number of anilines is 1. The number of ether oxygens (including phenoxy) is 1. The summed E-state index contributed by atoms with van der Waals surface area (Å²) in [6.45, 7) is 0.267. The number of benzene rings is 2. The first-order valence-corrected chi connectivity index (χ1v) is 8.54. The Labute approximate surface area is 158 Å². The van der Waals surface area contributed by atoms with E-state index in [1.54, 1.807) is 0 Å². The van der Waals surface area contributed by atoms with Crippen molar-refractivity contribution in [3.05, 3.63) is 82.2 Å². The van der Waals surface area contributed by atoms with Gasteiger partial charge in [0.2, 0.25) is 5.95 Å². The van der Waals surface area contributed by atoms with Crippen molar-refractivity contribution in [2.45, 2.75) is 6.54 Å². The van der Waals surface area contributed by atoms with Crippen molar-refractivity contribution in [2.75, 3.05) is 5.73 Å². The van der Waals surface area contributed by atoms with E-state index in [1.807, 2.05) is 48.5 Å². The van der Waals surface area contributed by atoms with E-state index in [-0.39, 0.29) is 17.9 Å². The number of hydrogen-bond acceptors (Lipinski definition) is 4. The Kier molecular flexibility index (Phi) is 5.48. The van der Waals surface area contributed by atoms with Gasteiger partial charge in [-0.05, 0) is 57.9 Å². The van der Waals surface area contributed by atoms with Crippen molar-refractivity contribution in [3.63, 3.8) is 0 Å². The first kappa shape index (κ1) is 17.9. The van der Waals surface area contributed by atoms with Gasteiger partial charge in [-0.1, -0.05) is 24.3 Å². The lowest BCUT2D eigenvalue weighted by molar-refractivity contribution is 0.0951. The molecule has 0 spiro atoms. The van der Waals surface area contributed by atoms with Crippen molar-refractivity contribution >= 4 is 27.7 Å². The van der Waals surface area contributed by atoms with Crippen molar-refractivity contribution < 1.29 is 13.9 Å². The summed E-state index contributed by atoms with van der Waals surface area (Å²) < 4.78 is 19.7. The van der Waals surface area contributed by atoms with Crippen LogP contribution in [0.1, 0.15) is 15.9 Å². The van der Waals surface area contributed by atoms with E-state index in [4.69, 9.17) is 10.5 Å². The molecular weight excluding hydrogens is 401 g/mol. The molecule has 0 bridgehead atoms. The number of carbonyl (C=O) groups is 1. The molecule has 3 rings (SSSR count). The third kappa shape index (κ3) is 4.37. The minimum atomic E-state index is -0.726. The summed E-state index contributed by atoms with van der Waals surface area (Å²) in [5.41, 5.74) is 6.55. The number of nitrogens with zero attached hydrogens (tertiary/aromatic N) is 1. The van der Waals surface area contributed by atoms with Crippen molar-refractivity contribution in [1.82, 2.24) is 10.3 Å². The molecule has 0 radical (unpaired) electrons. The van der Waals surface area contributed by atoms with Gasteiger partial charge in [-0.25, -0.2) is 4.98 Å². The van der Waals surface area contributed by atoms with E-state index in [0.717, 1.165) is 16.1 Å². The van der Waals surface area contributed by atoms with Crippen LogP contribution in [-0.4, -0.2) is 10.9 Å². The number of rotatable bonds is 5. The number of nitrogens with one attached hydrogen (secondary N) is 1. The second-order valence-corrected chi connectivity index (χ2v) is 6.28. The highest BCUT2D eigenvalue weighted by molar-refractivity contribution is 9.10. The van der Waals surface area contributed by atoms with Gasteiger partial charge in [-0.15, -0.1) is 0 Å². The number of halogens is 2. The quantitative estimate of drug-likeness (QED) is 0.609. The highest BCUT2D eigenvalue weighted by Crippen LogP contribution is 2.29. The Morgan fingerprint density at radius 3 is 2.73 bits per heavy atom. The molecule has 0 aliphatic rings. The average molecular weight is 416 g/mol. The average Bonchev–Trinajstić information content (AvgIpc) is 2.62. The minimum absolute atomic E-state index is 0.132. The molecule has 5 nitrogen and oxygen atoms in total. The summed E-state index contributed by atoms with van der Waals surface area (Å²) in [6, 6.07) is 17.3. The van der Waals surface area contributed by atoms with Gasteiger partial charge in [0.05, 0.1) is 10.0 Å². The van der Waals surface area contributed by atoms with Crippen LogP contribution < -0.4 is 15.8 Å². The molecule has 1 amide bonds. The predicted octanol–water partition coefficient (Wildman–Crippen LogP) is 4.29. The van der Waals surface area contributed by atoms with E-state index in [1.165, 1.54) is 6.07 Å². The number of nitrogens with two attached hydrogens (primary N) is 1. The Bertz CT molecular complexity index is 950. The zero-order valence-corrected chi connectivity index (χ0v) is 15.2. The van der Waals surface area contributed by atoms with Crippen LogP contribution in [-0.2, 0) is 6.54 Å². The lowest BCUT2D eigenvalue weighted by atomic mass is 10.2. The molecule has 7 heteroatoms. The molecule has 132 valence electrons. The summed E-state index contributed by atoms with van der Waals surface area (Å²) >= 11 is 3.43. The normalized spacial score (nSPS) is 10.4. The van der Waals surface area contributed by atoms with E-state index in [2.05, 4.69) is 26.2 Å². The Balaban J connectivity index is 1.67. The minimum Gasteiger partial charge on any atom is -0.456 e. The number of para-hydroxylation sites is 1. The third-order valence-corrected chi connectivity index (χ3v) is 4.21. The molecule has 0 atom stereocenters. The van der Waals surface area contributed by atoms with Crippen molar-refractivity contribution in [3.8, 4) is 11.5 Å². The van der Waals surface area contributed by atoms with Gasteiger partial charge < -0.3 is 15.8 Å². The smallest absolute Gasteiger partial charge is 0.255 e. The van der Waals surface area contributed by atoms with Crippen LogP contribution in [0.15, 0.2) is 65.1 Å². The second kappa shape index (κ2) is 7.97. The molecule has 0 saturated carbocycles. The molecule has 0 unspecified atom stereocenters. The Morgan fingerprint density at radius 1 is 1.15 bits per heavy atom. The molecular formula is C19H15BrFN3O2. The topological polar surface area (TPSA) is 77.2 Å². The van der Waals surface area contributed by atoms with Gasteiger partial charge in [0.25, 0.3) is 5.91 Å². The summed E-state index contributed by atoms with van der Waals surface area (Å²) in [7, 11) is 0. The maximum absolute atomic E-state index is 13.0. The second-order valence-electron chi connectivity index (χ2n) is 5.43. The molecule has 0 fully saturated rings. The van der Waals surface area contributed by atoms with E-state index >= 15 is 0 Å². The SMILES string of the molecule is Nc1nc(F)ccc1C(=O)NCc1cccc(Oc2ccccc2Br)c1. The lowest BCUT2D eigenvalue weighted by Gasteiger charge is -2.10. The highest BCUT2D eigenvalue weighted by Gasteiger charge is 2.11. The predicted molar refractivity (Wildman–Crippen MR) is 100 cm³/mol. The molecule has 1 aromatic heterocycles. The van der Waals surface area contributed by atoms with Gasteiger partial charge in [-0.2, -0.15) is 4.39 Å².